The molecular weight excluding hydrogens is 212 g/mol. The van der Waals surface area contributed by atoms with Gasteiger partial charge in [-0.3, -0.25) is 0 Å². The highest BCUT2D eigenvalue weighted by molar-refractivity contribution is 5.87. The minimum absolute atomic E-state index is 0.177. The van der Waals surface area contributed by atoms with Gasteiger partial charge in [0.1, 0.15) is 6.26 Å². The summed E-state index contributed by atoms with van der Waals surface area (Å²) in [4.78, 5) is 15.2. The fourth-order valence-electron chi connectivity index (χ4n) is 1.07. The van der Waals surface area contributed by atoms with Crippen molar-refractivity contribution in [3.63, 3.8) is 0 Å². The molecule has 0 aliphatic heterocycles. The summed E-state index contributed by atoms with van der Waals surface area (Å²) in [5.74, 6) is -0.476. The number of carbonyl (C=O) groups excluding carboxylic acids is 1. The third-order valence-electron chi connectivity index (χ3n) is 1.79. The average Bonchev–Trinajstić information content (AvgIpc) is 2.73. The van der Waals surface area contributed by atoms with E-state index in [9.17, 15) is 4.79 Å². The van der Waals surface area contributed by atoms with E-state index in [1.54, 1.807) is 14.0 Å². The molecule has 1 heterocycles. The first-order valence-electron chi connectivity index (χ1n) is 5.13. The average molecular weight is 228 g/mol. The molecule has 1 N–H and O–H groups in total. The van der Waals surface area contributed by atoms with Crippen molar-refractivity contribution in [1.82, 2.24) is 4.98 Å². The van der Waals surface area contributed by atoms with Crippen molar-refractivity contribution in [3.8, 4) is 0 Å². The molecule has 0 fully saturated rings. The Morgan fingerprint density at radius 3 is 3.12 bits per heavy atom. The van der Waals surface area contributed by atoms with E-state index >= 15 is 0 Å². The van der Waals surface area contributed by atoms with Crippen molar-refractivity contribution in [2.45, 2.75) is 13.3 Å². The molecule has 1 rings (SSSR count). The van der Waals surface area contributed by atoms with Gasteiger partial charge in [-0.1, -0.05) is 0 Å². The zero-order valence-corrected chi connectivity index (χ0v) is 9.49. The topological polar surface area (TPSA) is 73.6 Å². The number of hydrogen-bond acceptors (Lipinski definition) is 6. The molecule has 90 valence electrons. The van der Waals surface area contributed by atoms with E-state index in [0.717, 1.165) is 6.42 Å². The number of methoxy groups -OCH3 is 1. The molecule has 6 nitrogen and oxygen atoms in total. The Bertz CT molecular complexity index is 324. The lowest BCUT2D eigenvalue weighted by atomic mass is 10.4. The Morgan fingerprint density at radius 2 is 2.44 bits per heavy atom. The van der Waals surface area contributed by atoms with Crippen LogP contribution in [0.5, 0.6) is 0 Å². The van der Waals surface area contributed by atoms with Crippen molar-refractivity contribution in [3.05, 3.63) is 12.0 Å². The normalized spacial score (nSPS) is 10.1. The minimum atomic E-state index is -0.476. The third kappa shape index (κ3) is 3.90. The Kier molecular flexibility index (Phi) is 5.35. The van der Waals surface area contributed by atoms with E-state index in [2.05, 4.69) is 10.3 Å². The Morgan fingerprint density at radius 1 is 1.62 bits per heavy atom. The third-order valence-corrected chi connectivity index (χ3v) is 1.79. The maximum Gasteiger partial charge on any atom is 0.360 e. The molecule has 0 aromatic carbocycles. The predicted octanol–water partition coefficient (Wildman–Crippen LogP) is 1.30. The number of nitrogens with zero attached hydrogens (tertiary/aromatic N) is 1. The summed E-state index contributed by atoms with van der Waals surface area (Å²) in [6, 6.07) is 0.319. The number of anilines is 1. The predicted molar refractivity (Wildman–Crippen MR) is 57.4 cm³/mol. The largest absolute Gasteiger partial charge is 0.461 e. The number of aromatic nitrogens is 1. The molecule has 0 saturated heterocycles. The standard InChI is InChI=1S/C10H16N2O4/c1-3-15-9(13)8-7-16-10(12-8)11-5-4-6-14-2/h7H,3-6H2,1-2H3,(H,11,12). The minimum Gasteiger partial charge on any atom is -0.461 e. The van der Waals surface area contributed by atoms with Crippen molar-refractivity contribution in [1.29, 1.82) is 0 Å². The summed E-state index contributed by atoms with van der Waals surface area (Å²) in [7, 11) is 1.64. The van der Waals surface area contributed by atoms with Crippen LogP contribution >= 0.6 is 0 Å². The van der Waals surface area contributed by atoms with Crippen LogP contribution in [0, 0.1) is 0 Å². The molecule has 0 bridgehead atoms. The number of carbonyl (C=O) groups is 1. The monoisotopic (exact) mass is 228 g/mol. The second-order valence-electron chi connectivity index (χ2n) is 3.03. The molecule has 1 aromatic rings. The van der Waals surface area contributed by atoms with Gasteiger partial charge in [-0.15, -0.1) is 0 Å². The number of nitrogens with one attached hydrogen (secondary N) is 1. The van der Waals surface area contributed by atoms with Crippen molar-refractivity contribution < 1.29 is 18.7 Å². The van der Waals surface area contributed by atoms with Gasteiger partial charge in [-0.05, 0) is 13.3 Å². The van der Waals surface area contributed by atoms with Crippen molar-refractivity contribution in [2.75, 3.05) is 32.2 Å². The lowest BCUT2D eigenvalue weighted by Gasteiger charge is -1.99. The quantitative estimate of drug-likeness (QED) is 0.560. The van der Waals surface area contributed by atoms with Crippen LogP contribution in [0.15, 0.2) is 10.7 Å². The maximum absolute atomic E-state index is 11.2. The van der Waals surface area contributed by atoms with Gasteiger partial charge in [-0.2, -0.15) is 4.98 Å². The summed E-state index contributed by atoms with van der Waals surface area (Å²) < 4.78 is 14.7. The van der Waals surface area contributed by atoms with E-state index in [-0.39, 0.29) is 5.69 Å². The summed E-state index contributed by atoms with van der Waals surface area (Å²) >= 11 is 0. The van der Waals surface area contributed by atoms with E-state index in [0.29, 0.717) is 25.8 Å². The highest BCUT2D eigenvalue weighted by atomic mass is 16.5. The number of ether oxygens (including phenoxy) is 2. The first kappa shape index (κ1) is 12.5. The summed E-state index contributed by atoms with van der Waals surface area (Å²) in [5.41, 5.74) is 0.177. The summed E-state index contributed by atoms with van der Waals surface area (Å²) in [6.07, 6.45) is 2.12. The Hall–Kier alpha value is -1.56. The molecule has 6 heteroatoms. The molecular formula is C10H16N2O4. The van der Waals surface area contributed by atoms with Gasteiger partial charge in [0, 0.05) is 20.3 Å². The number of oxazole rings is 1. The van der Waals surface area contributed by atoms with E-state index in [1.165, 1.54) is 6.26 Å². The van der Waals surface area contributed by atoms with Gasteiger partial charge in [0.2, 0.25) is 0 Å². The lowest BCUT2D eigenvalue weighted by Crippen LogP contribution is -2.07. The highest BCUT2D eigenvalue weighted by Gasteiger charge is 2.12. The molecule has 0 saturated carbocycles. The molecule has 0 aliphatic carbocycles. The van der Waals surface area contributed by atoms with Gasteiger partial charge in [0.25, 0.3) is 6.01 Å². The molecule has 0 unspecified atom stereocenters. The van der Waals surface area contributed by atoms with Crippen LogP contribution in [0.2, 0.25) is 0 Å². The van der Waals surface area contributed by atoms with Gasteiger partial charge in [0.15, 0.2) is 5.69 Å². The van der Waals surface area contributed by atoms with E-state index in [1.807, 2.05) is 0 Å². The van der Waals surface area contributed by atoms with Gasteiger partial charge in [0.05, 0.1) is 6.61 Å². The zero-order chi connectivity index (χ0) is 11.8. The van der Waals surface area contributed by atoms with Gasteiger partial charge >= 0.3 is 5.97 Å². The molecule has 16 heavy (non-hydrogen) atoms. The van der Waals surface area contributed by atoms with Crippen LogP contribution < -0.4 is 5.32 Å². The van der Waals surface area contributed by atoms with Crippen LogP contribution in [-0.2, 0) is 9.47 Å². The molecule has 0 amide bonds. The SMILES string of the molecule is CCOC(=O)c1coc(NCCCOC)n1. The van der Waals surface area contributed by atoms with E-state index in [4.69, 9.17) is 13.9 Å². The Labute approximate surface area is 93.9 Å². The van der Waals surface area contributed by atoms with Crippen LogP contribution in [0.3, 0.4) is 0 Å². The van der Waals surface area contributed by atoms with Crippen molar-refractivity contribution in [2.24, 2.45) is 0 Å². The second kappa shape index (κ2) is 6.84. The highest BCUT2D eigenvalue weighted by Crippen LogP contribution is 2.08. The molecule has 0 atom stereocenters. The van der Waals surface area contributed by atoms with Gasteiger partial charge in [-0.25, -0.2) is 4.79 Å². The fraction of sp³-hybridized carbons (Fsp3) is 0.600. The molecule has 1 aromatic heterocycles. The molecule has 0 radical (unpaired) electrons. The number of hydrogen-bond donors (Lipinski definition) is 1. The molecule has 0 aliphatic rings. The second-order valence-corrected chi connectivity index (χ2v) is 3.03. The molecule has 0 spiro atoms. The summed E-state index contributed by atoms with van der Waals surface area (Å²) in [6.45, 7) is 3.40. The summed E-state index contributed by atoms with van der Waals surface area (Å²) in [5, 5.41) is 2.93. The smallest absolute Gasteiger partial charge is 0.360 e. The number of rotatable bonds is 7. The fourth-order valence-corrected chi connectivity index (χ4v) is 1.07. The zero-order valence-electron chi connectivity index (χ0n) is 9.49. The van der Waals surface area contributed by atoms with Crippen LogP contribution in [0.4, 0.5) is 6.01 Å². The van der Waals surface area contributed by atoms with Crippen molar-refractivity contribution >= 4 is 12.0 Å². The van der Waals surface area contributed by atoms with Crippen LogP contribution in [0.25, 0.3) is 0 Å². The lowest BCUT2D eigenvalue weighted by molar-refractivity contribution is 0.0519. The van der Waals surface area contributed by atoms with Crippen LogP contribution in [0.1, 0.15) is 23.8 Å². The number of esters is 1. The Balaban J connectivity index is 2.36. The van der Waals surface area contributed by atoms with Crippen LogP contribution in [-0.4, -0.2) is 37.8 Å². The first-order chi connectivity index (χ1) is 7.77. The van der Waals surface area contributed by atoms with Gasteiger partial charge < -0.3 is 19.2 Å². The van der Waals surface area contributed by atoms with E-state index < -0.39 is 5.97 Å². The maximum atomic E-state index is 11.2. The first-order valence-corrected chi connectivity index (χ1v) is 5.13.